The molecule has 0 bridgehead atoms. The van der Waals surface area contributed by atoms with Crippen LogP contribution >= 0.6 is 0 Å². The highest BCUT2D eigenvalue weighted by atomic mass is 16.5. The lowest BCUT2D eigenvalue weighted by molar-refractivity contribution is -0.142. The summed E-state index contributed by atoms with van der Waals surface area (Å²) in [5.41, 5.74) is 0.797. The van der Waals surface area contributed by atoms with Crippen molar-refractivity contribution in [1.29, 1.82) is 0 Å². The Bertz CT molecular complexity index is 383. The average Bonchev–Trinajstić information content (AvgIpc) is 2.89. The summed E-state index contributed by atoms with van der Waals surface area (Å²) in [4.78, 5) is 11.5. The SMILES string of the molecule is O=C(CNc1ccc(O)cc1)OCC1CCCC1. The predicted octanol–water partition coefficient (Wildman–Crippen LogP) is 2.54. The van der Waals surface area contributed by atoms with Crippen molar-refractivity contribution in [3.63, 3.8) is 0 Å². The number of carbonyl (C=O) groups excluding carboxylic acids is 1. The van der Waals surface area contributed by atoms with E-state index in [1.807, 2.05) is 0 Å². The molecule has 18 heavy (non-hydrogen) atoms. The molecule has 1 aromatic rings. The number of nitrogens with one attached hydrogen (secondary N) is 1. The van der Waals surface area contributed by atoms with Crippen LogP contribution in [0.25, 0.3) is 0 Å². The molecule has 0 heterocycles. The summed E-state index contributed by atoms with van der Waals surface area (Å²) in [5.74, 6) is 0.543. The lowest BCUT2D eigenvalue weighted by atomic mass is 10.1. The van der Waals surface area contributed by atoms with Gasteiger partial charge >= 0.3 is 5.97 Å². The zero-order valence-corrected chi connectivity index (χ0v) is 10.4. The van der Waals surface area contributed by atoms with Gasteiger partial charge in [0.25, 0.3) is 0 Å². The lowest BCUT2D eigenvalue weighted by Gasteiger charge is -2.11. The summed E-state index contributed by atoms with van der Waals surface area (Å²) < 4.78 is 5.22. The summed E-state index contributed by atoms with van der Waals surface area (Å²) in [6.07, 6.45) is 4.87. The first kappa shape index (κ1) is 12.7. The predicted molar refractivity (Wildman–Crippen MR) is 69.5 cm³/mol. The van der Waals surface area contributed by atoms with Crippen molar-refractivity contribution in [2.24, 2.45) is 5.92 Å². The minimum atomic E-state index is -0.227. The van der Waals surface area contributed by atoms with Gasteiger partial charge in [-0.2, -0.15) is 0 Å². The molecule has 1 aromatic carbocycles. The van der Waals surface area contributed by atoms with E-state index in [1.54, 1.807) is 24.3 Å². The highest BCUT2D eigenvalue weighted by molar-refractivity contribution is 5.75. The minimum Gasteiger partial charge on any atom is -0.508 e. The van der Waals surface area contributed by atoms with Gasteiger partial charge in [0.15, 0.2) is 0 Å². The molecule has 0 unspecified atom stereocenters. The minimum absolute atomic E-state index is 0.164. The molecule has 1 fully saturated rings. The number of phenolic OH excluding ortho intramolecular Hbond substituents is 1. The molecule has 2 rings (SSSR count). The van der Waals surface area contributed by atoms with Gasteiger partial charge in [-0.25, -0.2) is 0 Å². The van der Waals surface area contributed by atoms with Crippen LogP contribution < -0.4 is 5.32 Å². The van der Waals surface area contributed by atoms with Gasteiger partial charge in [-0.1, -0.05) is 12.8 Å². The monoisotopic (exact) mass is 249 g/mol. The van der Waals surface area contributed by atoms with E-state index in [4.69, 9.17) is 9.84 Å². The molecule has 4 heteroatoms. The van der Waals surface area contributed by atoms with Crippen LogP contribution in [0.1, 0.15) is 25.7 Å². The first-order valence-corrected chi connectivity index (χ1v) is 6.42. The summed E-state index contributed by atoms with van der Waals surface area (Å²) in [6, 6.07) is 6.59. The molecule has 0 aromatic heterocycles. The Morgan fingerprint density at radius 1 is 1.28 bits per heavy atom. The van der Waals surface area contributed by atoms with Gasteiger partial charge in [0.05, 0.1) is 6.61 Å². The van der Waals surface area contributed by atoms with Crippen molar-refractivity contribution < 1.29 is 14.6 Å². The molecule has 4 nitrogen and oxygen atoms in total. The van der Waals surface area contributed by atoms with Crippen molar-refractivity contribution in [2.45, 2.75) is 25.7 Å². The summed E-state index contributed by atoms with van der Waals surface area (Å²) in [7, 11) is 0. The van der Waals surface area contributed by atoms with E-state index >= 15 is 0 Å². The topological polar surface area (TPSA) is 58.6 Å². The fraction of sp³-hybridized carbons (Fsp3) is 0.500. The molecule has 98 valence electrons. The molecule has 2 N–H and O–H groups in total. The molecule has 0 aliphatic heterocycles. The van der Waals surface area contributed by atoms with Crippen molar-refractivity contribution in [2.75, 3.05) is 18.5 Å². The second-order valence-corrected chi connectivity index (χ2v) is 4.73. The van der Waals surface area contributed by atoms with Crippen LogP contribution in [0.5, 0.6) is 5.75 Å². The van der Waals surface area contributed by atoms with Crippen LogP contribution in [0.15, 0.2) is 24.3 Å². The van der Waals surface area contributed by atoms with Gasteiger partial charge < -0.3 is 15.2 Å². The molecule has 0 amide bonds. The third-order valence-electron chi connectivity index (χ3n) is 3.26. The van der Waals surface area contributed by atoms with Gasteiger partial charge in [0, 0.05) is 5.69 Å². The molecule has 0 spiro atoms. The van der Waals surface area contributed by atoms with Crippen molar-refractivity contribution in [1.82, 2.24) is 0 Å². The Morgan fingerprint density at radius 2 is 1.94 bits per heavy atom. The van der Waals surface area contributed by atoms with Crippen molar-refractivity contribution in [3.05, 3.63) is 24.3 Å². The maximum atomic E-state index is 11.5. The fourth-order valence-electron chi connectivity index (χ4n) is 2.19. The molecule has 0 radical (unpaired) electrons. The molecule has 1 aliphatic carbocycles. The molecule has 0 saturated heterocycles. The number of hydrogen-bond acceptors (Lipinski definition) is 4. The Balaban J connectivity index is 1.66. The van der Waals surface area contributed by atoms with Crippen LogP contribution in [0, 0.1) is 5.92 Å². The third-order valence-corrected chi connectivity index (χ3v) is 3.26. The van der Waals surface area contributed by atoms with Crippen molar-refractivity contribution in [3.8, 4) is 5.75 Å². The van der Waals surface area contributed by atoms with Crippen LogP contribution in [0.3, 0.4) is 0 Å². The van der Waals surface area contributed by atoms with E-state index in [0.717, 1.165) is 5.69 Å². The van der Waals surface area contributed by atoms with E-state index < -0.39 is 0 Å². The van der Waals surface area contributed by atoms with E-state index in [9.17, 15) is 4.79 Å². The van der Waals surface area contributed by atoms with Gasteiger partial charge in [-0.15, -0.1) is 0 Å². The lowest BCUT2D eigenvalue weighted by Crippen LogP contribution is -2.19. The number of phenols is 1. The maximum Gasteiger partial charge on any atom is 0.325 e. The highest BCUT2D eigenvalue weighted by Gasteiger charge is 2.16. The standard InChI is InChI=1S/C14H19NO3/c16-13-7-5-12(6-8-13)15-9-14(17)18-10-11-3-1-2-4-11/h5-8,11,15-16H,1-4,9-10H2. The van der Waals surface area contributed by atoms with Gasteiger partial charge in [-0.05, 0) is 43.0 Å². The van der Waals surface area contributed by atoms with Crippen LogP contribution in [-0.2, 0) is 9.53 Å². The normalized spacial score (nSPS) is 15.6. The van der Waals surface area contributed by atoms with Crippen LogP contribution in [0.4, 0.5) is 5.69 Å². The first-order chi connectivity index (χ1) is 8.74. The smallest absolute Gasteiger partial charge is 0.325 e. The summed E-state index contributed by atoms with van der Waals surface area (Å²) in [5, 5.41) is 12.1. The van der Waals surface area contributed by atoms with Gasteiger partial charge in [0.1, 0.15) is 12.3 Å². The maximum absolute atomic E-state index is 11.5. The Labute approximate surface area is 107 Å². The van der Waals surface area contributed by atoms with E-state index in [2.05, 4.69) is 5.32 Å². The summed E-state index contributed by atoms with van der Waals surface area (Å²) >= 11 is 0. The second kappa shape index (κ2) is 6.28. The number of esters is 1. The molecule has 0 atom stereocenters. The second-order valence-electron chi connectivity index (χ2n) is 4.73. The Hall–Kier alpha value is -1.71. The zero-order valence-electron chi connectivity index (χ0n) is 10.4. The quantitative estimate of drug-likeness (QED) is 0.622. The number of anilines is 1. The highest BCUT2D eigenvalue weighted by Crippen LogP contribution is 2.24. The first-order valence-electron chi connectivity index (χ1n) is 6.42. The van der Waals surface area contributed by atoms with E-state index in [1.165, 1.54) is 25.7 Å². The number of hydrogen-bond donors (Lipinski definition) is 2. The van der Waals surface area contributed by atoms with Crippen LogP contribution in [0.2, 0.25) is 0 Å². The average molecular weight is 249 g/mol. The number of ether oxygens (including phenoxy) is 1. The molecule has 1 aliphatic rings. The Morgan fingerprint density at radius 3 is 2.61 bits per heavy atom. The number of rotatable bonds is 5. The van der Waals surface area contributed by atoms with Gasteiger partial charge in [0.2, 0.25) is 0 Å². The molecule has 1 saturated carbocycles. The Kier molecular flexibility index (Phi) is 4.45. The number of aromatic hydroxyl groups is 1. The fourth-order valence-corrected chi connectivity index (χ4v) is 2.19. The van der Waals surface area contributed by atoms with Crippen molar-refractivity contribution >= 4 is 11.7 Å². The summed E-state index contributed by atoms with van der Waals surface area (Å²) in [6.45, 7) is 0.716. The molecular formula is C14H19NO3. The van der Waals surface area contributed by atoms with E-state index in [0.29, 0.717) is 12.5 Å². The largest absolute Gasteiger partial charge is 0.508 e. The van der Waals surface area contributed by atoms with E-state index in [-0.39, 0.29) is 18.3 Å². The number of carbonyl (C=O) groups is 1. The zero-order chi connectivity index (χ0) is 12.8. The third kappa shape index (κ3) is 3.95. The molecular weight excluding hydrogens is 230 g/mol. The number of benzene rings is 1. The van der Waals surface area contributed by atoms with Gasteiger partial charge in [-0.3, -0.25) is 4.79 Å². The van der Waals surface area contributed by atoms with Crippen LogP contribution in [-0.4, -0.2) is 24.2 Å².